The van der Waals surface area contributed by atoms with Gasteiger partial charge >= 0.3 is 0 Å². The van der Waals surface area contributed by atoms with Crippen molar-refractivity contribution in [1.29, 1.82) is 0 Å². The average molecular weight is 575 g/mol. The van der Waals surface area contributed by atoms with Crippen LogP contribution in [-0.4, -0.2) is 59.2 Å². The zero-order valence-corrected chi connectivity index (χ0v) is 21.4. The molecule has 1 saturated heterocycles. The highest BCUT2D eigenvalue weighted by molar-refractivity contribution is 14.0. The maximum Gasteiger partial charge on any atom is 0.213 e. The summed E-state index contributed by atoms with van der Waals surface area (Å²) in [6, 6.07) is 4.73. The third kappa shape index (κ3) is 10.1. The summed E-state index contributed by atoms with van der Waals surface area (Å²) in [5.41, 5.74) is 1.91. The van der Waals surface area contributed by atoms with Crippen LogP contribution in [0.2, 0.25) is 0 Å². The number of aliphatic imine (C=N–C) groups is 1. The highest BCUT2D eigenvalue weighted by Crippen LogP contribution is 2.16. The number of hydrogen-bond donors (Lipinski definition) is 3. The molecule has 1 unspecified atom stereocenters. The van der Waals surface area contributed by atoms with Crippen LogP contribution in [0.25, 0.3) is 0 Å². The van der Waals surface area contributed by atoms with Gasteiger partial charge in [-0.1, -0.05) is 6.07 Å². The fraction of sp³-hybridized carbons (Fsp3) is 0.632. The predicted octanol–water partition coefficient (Wildman–Crippen LogP) is 2.46. The number of guanidine groups is 1. The lowest BCUT2D eigenvalue weighted by atomic mass is 10.1. The summed E-state index contributed by atoms with van der Waals surface area (Å²) >= 11 is 1.63. The minimum Gasteiger partial charge on any atom is -0.377 e. The molecule has 0 aliphatic carbocycles. The molecule has 1 heterocycles. The quantitative estimate of drug-likeness (QED) is 0.226. The molecule has 0 radical (unpaired) electrons. The summed E-state index contributed by atoms with van der Waals surface area (Å²) in [7, 11) is -1.77. The molecule has 1 atom stereocenters. The van der Waals surface area contributed by atoms with Crippen molar-refractivity contribution in [2.45, 2.75) is 37.7 Å². The highest BCUT2D eigenvalue weighted by Gasteiger charge is 2.17. The van der Waals surface area contributed by atoms with Gasteiger partial charge < -0.3 is 15.4 Å². The van der Waals surface area contributed by atoms with Gasteiger partial charge in [0.15, 0.2) is 5.96 Å². The zero-order chi connectivity index (χ0) is 21.1. The number of halogens is 2. The number of nitrogens with one attached hydrogen (secondary N) is 3. The number of sulfonamides is 1. The molecule has 7 nitrogen and oxygen atoms in total. The van der Waals surface area contributed by atoms with E-state index in [9.17, 15) is 12.8 Å². The molecule has 2 rings (SSSR count). The number of benzene rings is 1. The Bertz CT molecular complexity index is 775. The van der Waals surface area contributed by atoms with Crippen molar-refractivity contribution in [3.05, 3.63) is 35.1 Å². The van der Waals surface area contributed by atoms with Crippen LogP contribution in [-0.2, 0) is 27.1 Å². The molecule has 0 aromatic heterocycles. The molecule has 30 heavy (non-hydrogen) atoms. The molecule has 0 amide bonds. The monoisotopic (exact) mass is 574 g/mol. The average Bonchev–Trinajstić information content (AvgIpc) is 2.71. The van der Waals surface area contributed by atoms with E-state index in [1.807, 2.05) is 6.26 Å². The van der Waals surface area contributed by atoms with Gasteiger partial charge in [0.2, 0.25) is 10.0 Å². The van der Waals surface area contributed by atoms with Crippen LogP contribution >= 0.6 is 35.7 Å². The molecule has 172 valence electrons. The summed E-state index contributed by atoms with van der Waals surface area (Å²) in [5, 5.41) is 6.15. The minimum atomic E-state index is -3.39. The standard InChI is InChI=1S/C19H31FN4O3S2.HI/c1-21-19(23-12-15-6-7-17(20)11-16(15)14-28-2)22-8-10-29(25,26)24-13-18-5-3-4-9-27-18;/h6-7,11,18,24H,3-5,8-10,12-14H2,1-2H3,(H2,21,22,23);1H. The molecule has 1 aromatic rings. The second-order valence-corrected chi connectivity index (χ2v) is 9.65. The highest BCUT2D eigenvalue weighted by atomic mass is 127. The molecule has 1 aromatic carbocycles. The minimum absolute atomic E-state index is 0. The smallest absolute Gasteiger partial charge is 0.213 e. The largest absolute Gasteiger partial charge is 0.377 e. The summed E-state index contributed by atoms with van der Waals surface area (Å²) in [6.45, 7) is 1.71. The predicted molar refractivity (Wildman–Crippen MR) is 133 cm³/mol. The second kappa shape index (κ2) is 14.4. The normalized spacial score (nSPS) is 17.3. The van der Waals surface area contributed by atoms with E-state index in [-0.39, 0.29) is 48.2 Å². The summed E-state index contributed by atoms with van der Waals surface area (Å²) in [4.78, 5) is 4.12. The number of thioether (sulfide) groups is 1. The SMILES string of the molecule is CN=C(NCCS(=O)(=O)NCC1CCCCO1)NCc1ccc(F)cc1CSC.I. The van der Waals surface area contributed by atoms with Gasteiger partial charge in [-0.2, -0.15) is 11.8 Å². The fourth-order valence-corrected chi connectivity index (χ4v) is 4.56. The molecule has 0 spiro atoms. The Morgan fingerprint density at radius 2 is 2.10 bits per heavy atom. The van der Waals surface area contributed by atoms with Crippen molar-refractivity contribution in [1.82, 2.24) is 15.4 Å². The molecule has 1 aliphatic heterocycles. The van der Waals surface area contributed by atoms with E-state index in [0.717, 1.165) is 36.1 Å². The van der Waals surface area contributed by atoms with E-state index in [4.69, 9.17) is 4.74 Å². The van der Waals surface area contributed by atoms with Crippen LogP contribution in [0.3, 0.4) is 0 Å². The molecule has 0 bridgehead atoms. The topological polar surface area (TPSA) is 91.8 Å². The van der Waals surface area contributed by atoms with Crippen molar-refractivity contribution >= 4 is 51.7 Å². The van der Waals surface area contributed by atoms with Gasteiger partial charge in [0, 0.05) is 39.0 Å². The lowest BCUT2D eigenvalue weighted by Crippen LogP contribution is -2.42. The van der Waals surface area contributed by atoms with Crippen LogP contribution in [0, 0.1) is 5.82 Å². The van der Waals surface area contributed by atoms with E-state index in [1.165, 1.54) is 12.1 Å². The van der Waals surface area contributed by atoms with Gasteiger partial charge in [-0.15, -0.1) is 24.0 Å². The van der Waals surface area contributed by atoms with E-state index in [1.54, 1.807) is 24.9 Å². The van der Waals surface area contributed by atoms with Crippen LogP contribution in [0.5, 0.6) is 0 Å². The maximum absolute atomic E-state index is 13.5. The molecule has 0 saturated carbocycles. The third-order valence-electron chi connectivity index (χ3n) is 4.61. The number of nitrogens with zero attached hydrogens (tertiary/aromatic N) is 1. The second-order valence-electron chi connectivity index (χ2n) is 6.85. The van der Waals surface area contributed by atoms with Crippen molar-refractivity contribution in [3.8, 4) is 0 Å². The van der Waals surface area contributed by atoms with Crippen LogP contribution in [0.1, 0.15) is 30.4 Å². The Balaban J connectivity index is 0.00000450. The molecule has 11 heteroatoms. The van der Waals surface area contributed by atoms with Crippen molar-refractivity contribution in [3.63, 3.8) is 0 Å². The number of hydrogen-bond acceptors (Lipinski definition) is 5. The van der Waals surface area contributed by atoms with Gasteiger partial charge in [-0.05, 0) is 48.8 Å². The maximum atomic E-state index is 13.5. The Hall–Kier alpha value is -0.630. The summed E-state index contributed by atoms with van der Waals surface area (Å²) < 4.78 is 46.0. The molecule has 1 aliphatic rings. The lowest BCUT2D eigenvalue weighted by molar-refractivity contribution is 0.0200. The van der Waals surface area contributed by atoms with Gasteiger partial charge in [-0.3, -0.25) is 4.99 Å². The Morgan fingerprint density at radius 1 is 1.30 bits per heavy atom. The van der Waals surface area contributed by atoms with E-state index in [2.05, 4.69) is 20.3 Å². The number of ether oxygens (including phenoxy) is 1. The molecular formula is C19H32FIN4O3S2. The first-order chi connectivity index (χ1) is 13.9. The molecular weight excluding hydrogens is 542 g/mol. The Morgan fingerprint density at radius 3 is 2.77 bits per heavy atom. The van der Waals surface area contributed by atoms with Crippen molar-refractivity contribution < 1.29 is 17.5 Å². The first-order valence-corrected chi connectivity index (χ1v) is 12.8. The van der Waals surface area contributed by atoms with Gasteiger partial charge in [0.25, 0.3) is 0 Å². The first kappa shape index (κ1) is 27.4. The van der Waals surface area contributed by atoms with Gasteiger partial charge in [0.05, 0.1) is 11.9 Å². The summed E-state index contributed by atoms with van der Waals surface area (Å²) in [5.74, 6) is 0.899. The van der Waals surface area contributed by atoms with E-state index >= 15 is 0 Å². The van der Waals surface area contributed by atoms with Gasteiger partial charge in [-0.25, -0.2) is 17.5 Å². The lowest BCUT2D eigenvalue weighted by Gasteiger charge is -2.22. The van der Waals surface area contributed by atoms with Crippen molar-refractivity contribution in [2.24, 2.45) is 4.99 Å². The Kier molecular flexibility index (Phi) is 13.2. The van der Waals surface area contributed by atoms with Crippen LogP contribution in [0.4, 0.5) is 4.39 Å². The first-order valence-electron chi connectivity index (χ1n) is 9.73. The fourth-order valence-electron chi connectivity index (χ4n) is 3.02. The third-order valence-corrected chi connectivity index (χ3v) is 6.55. The number of rotatable bonds is 10. The zero-order valence-electron chi connectivity index (χ0n) is 17.4. The van der Waals surface area contributed by atoms with Crippen LogP contribution in [0.15, 0.2) is 23.2 Å². The molecule has 3 N–H and O–H groups in total. The van der Waals surface area contributed by atoms with Crippen LogP contribution < -0.4 is 15.4 Å². The van der Waals surface area contributed by atoms with E-state index < -0.39 is 10.0 Å². The van der Waals surface area contributed by atoms with Gasteiger partial charge in [0.1, 0.15) is 5.82 Å². The molecule has 1 fully saturated rings. The van der Waals surface area contributed by atoms with E-state index in [0.29, 0.717) is 25.7 Å². The van der Waals surface area contributed by atoms with Crippen molar-refractivity contribution in [2.75, 3.05) is 38.8 Å². The summed E-state index contributed by atoms with van der Waals surface area (Å²) in [6.07, 6.45) is 4.93. The Labute approximate surface area is 200 Å².